The Morgan fingerprint density at radius 1 is 1.35 bits per heavy atom. The van der Waals surface area contributed by atoms with Crippen LogP contribution in [0.5, 0.6) is 5.75 Å². The highest BCUT2D eigenvalue weighted by molar-refractivity contribution is 5.29. The van der Waals surface area contributed by atoms with E-state index in [0.29, 0.717) is 24.0 Å². The molecule has 1 aromatic heterocycles. The third-order valence-electron chi connectivity index (χ3n) is 2.67. The molecule has 0 aliphatic heterocycles. The molecule has 0 aliphatic rings. The monoisotopic (exact) mass is 279 g/mol. The molecule has 0 saturated carbocycles. The number of benzene rings is 1. The van der Waals surface area contributed by atoms with Crippen LogP contribution < -0.4 is 10.1 Å². The van der Waals surface area contributed by atoms with Crippen molar-refractivity contribution in [3.8, 4) is 5.75 Å². The summed E-state index contributed by atoms with van der Waals surface area (Å²) in [6.07, 6.45) is 0. The first-order valence-electron chi connectivity index (χ1n) is 6.48. The lowest BCUT2D eigenvalue weighted by molar-refractivity contribution is 0.241. The molecule has 1 N–H and O–H groups in total. The van der Waals surface area contributed by atoms with Gasteiger partial charge in [-0.1, -0.05) is 19.0 Å². The van der Waals surface area contributed by atoms with Crippen molar-refractivity contribution in [3.63, 3.8) is 0 Å². The number of nitrogens with one attached hydrogen (secondary N) is 1. The number of nitrogens with zero attached hydrogens (tertiary/aromatic N) is 2. The van der Waals surface area contributed by atoms with Crippen molar-refractivity contribution in [3.05, 3.63) is 41.3 Å². The topological polar surface area (TPSA) is 60.2 Å². The van der Waals surface area contributed by atoms with E-state index in [9.17, 15) is 4.39 Å². The molecular weight excluding hydrogens is 261 g/mol. The first-order chi connectivity index (χ1) is 9.58. The minimum absolute atomic E-state index is 0.127. The van der Waals surface area contributed by atoms with Crippen LogP contribution in [0.15, 0.2) is 22.7 Å². The number of rotatable bonds is 6. The molecule has 108 valence electrons. The summed E-state index contributed by atoms with van der Waals surface area (Å²) in [5.41, 5.74) is 0.816. The Balaban J connectivity index is 2.02. The van der Waals surface area contributed by atoms with Crippen LogP contribution in [0.3, 0.4) is 0 Å². The van der Waals surface area contributed by atoms with Gasteiger partial charge in [0, 0.05) is 18.5 Å². The van der Waals surface area contributed by atoms with Crippen molar-refractivity contribution in [1.29, 1.82) is 0 Å². The van der Waals surface area contributed by atoms with E-state index in [1.165, 1.54) is 12.1 Å². The summed E-state index contributed by atoms with van der Waals surface area (Å²) < 4.78 is 24.0. The van der Waals surface area contributed by atoms with Crippen LogP contribution in [0.2, 0.25) is 0 Å². The lowest BCUT2D eigenvalue weighted by atomic mass is 10.2. The summed E-state index contributed by atoms with van der Waals surface area (Å²) in [5, 5.41) is 6.81. The molecule has 1 aromatic carbocycles. The Morgan fingerprint density at radius 3 is 2.80 bits per heavy atom. The van der Waals surface area contributed by atoms with Gasteiger partial charge >= 0.3 is 0 Å². The van der Waals surface area contributed by atoms with Gasteiger partial charge in [-0.15, -0.1) is 0 Å². The van der Waals surface area contributed by atoms with Crippen LogP contribution in [0.4, 0.5) is 4.39 Å². The molecule has 5 nitrogen and oxygen atoms in total. The lowest BCUT2D eigenvalue weighted by Gasteiger charge is -2.06. The van der Waals surface area contributed by atoms with Crippen LogP contribution in [0.25, 0.3) is 0 Å². The van der Waals surface area contributed by atoms with E-state index in [1.807, 2.05) is 13.8 Å². The van der Waals surface area contributed by atoms with E-state index in [2.05, 4.69) is 15.5 Å². The van der Waals surface area contributed by atoms with Gasteiger partial charge < -0.3 is 14.6 Å². The van der Waals surface area contributed by atoms with E-state index < -0.39 is 0 Å². The van der Waals surface area contributed by atoms with E-state index in [-0.39, 0.29) is 18.3 Å². The number of aromatic nitrogens is 2. The molecule has 0 aliphatic carbocycles. The fraction of sp³-hybridized carbons (Fsp3) is 0.429. The van der Waals surface area contributed by atoms with Crippen LogP contribution >= 0.6 is 0 Å². The van der Waals surface area contributed by atoms with E-state index in [4.69, 9.17) is 9.26 Å². The molecule has 0 spiro atoms. The molecule has 0 saturated heterocycles. The highest BCUT2D eigenvalue weighted by Crippen LogP contribution is 2.18. The molecule has 0 amide bonds. The second-order valence-corrected chi connectivity index (χ2v) is 4.82. The molecular formula is C14H18FN3O2. The van der Waals surface area contributed by atoms with Gasteiger partial charge in [0.15, 0.2) is 12.4 Å². The summed E-state index contributed by atoms with van der Waals surface area (Å²) in [6, 6.07) is 4.57. The molecule has 0 atom stereocenters. The van der Waals surface area contributed by atoms with Crippen molar-refractivity contribution >= 4 is 0 Å². The molecule has 0 bridgehead atoms. The van der Waals surface area contributed by atoms with Crippen LogP contribution in [0, 0.1) is 5.82 Å². The zero-order chi connectivity index (χ0) is 14.5. The zero-order valence-corrected chi connectivity index (χ0v) is 11.8. The molecule has 6 heteroatoms. The van der Waals surface area contributed by atoms with Gasteiger partial charge in [0.2, 0.25) is 0 Å². The SMILES string of the molecule is CNCc1cc(F)cc(OCc2nc(C(C)C)no2)c1. The quantitative estimate of drug-likeness (QED) is 0.880. The molecule has 1 heterocycles. The summed E-state index contributed by atoms with van der Waals surface area (Å²) in [4.78, 5) is 4.20. The predicted molar refractivity (Wildman–Crippen MR) is 71.9 cm³/mol. The fourth-order valence-electron chi connectivity index (χ4n) is 1.72. The summed E-state index contributed by atoms with van der Waals surface area (Å²) in [5.74, 6) is 1.33. The highest BCUT2D eigenvalue weighted by atomic mass is 19.1. The summed E-state index contributed by atoms with van der Waals surface area (Å²) in [6.45, 7) is 4.66. The maximum absolute atomic E-state index is 13.4. The Bertz CT molecular complexity index is 569. The molecule has 0 radical (unpaired) electrons. The van der Waals surface area contributed by atoms with Crippen LogP contribution in [-0.4, -0.2) is 17.2 Å². The van der Waals surface area contributed by atoms with Crippen LogP contribution in [0.1, 0.15) is 37.0 Å². The standard InChI is InChI=1S/C14H18FN3O2/c1-9(2)14-17-13(20-18-14)8-19-12-5-10(7-16-3)4-11(15)6-12/h4-6,9,16H,7-8H2,1-3H3. The number of hydrogen-bond donors (Lipinski definition) is 1. The average Bonchev–Trinajstić information content (AvgIpc) is 2.85. The third kappa shape index (κ3) is 3.77. The Hall–Kier alpha value is -1.95. The van der Waals surface area contributed by atoms with Crippen molar-refractivity contribution in [2.24, 2.45) is 0 Å². The summed E-state index contributed by atoms with van der Waals surface area (Å²) in [7, 11) is 1.80. The van der Waals surface area contributed by atoms with Crippen molar-refractivity contribution in [2.45, 2.75) is 32.9 Å². The van der Waals surface area contributed by atoms with Gasteiger partial charge in [-0.25, -0.2) is 4.39 Å². The van der Waals surface area contributed by atoms with Gasteiger partial charge in [0.05, 0.1) is 0 Å². The van der Waals surface area contributed by atoms with Crippen LogP contribution in [-0.2, 0) is 13.2 Å². The second-order valence-electron chi connectivity index (χ2n) is 4.82. The minimum atomic E-state index is -0.332. The van der Waals surface area contributed by atoms with Crippen molar-refractivity contribution in [2.75, 3.05) is 7.05 Å². The van der Waals surface area contributed by atoms with E-state index in [1.54, 1.807) is 13.1 Å². The molecule has 0 fully saturated rings. The molecule has 2 rings (SSSR count). The van der Waals surface area contributed by atoms with Crippen molar-refractivity contribution in [1.82, 2.24) is 15.5 Å². The van der Waals surface area contributed by atoms with Gasteiger partial charge in [-0.3, -0.25) is 0 Å². The Labute approximate surface area is 117 Å². The van der Waals surface area contributed by atoms with Gasteiger partial charge in [-0.05, 0) is 24.7 Å². The van der Waals surface area contributed by atoms with Gasteiger partial charge in [0.25, 0.3) is 5.89 Å². The lowest BCUT2D eigenvalue weighted by Crippen LogP contribution is -2.06. The summed E-state index contributed by atoms with van der Waals surface area (Å²) >= 11 is 0. The Morgan fingerprint density at radius 2 is 2.15 bits per heavy atom. The maximum atomic E-state index is 13.4. The largest absolute Gasteiger partial charge is 0.484 e. The third-order valence-corrected chi connectivity index (χ3v) is 2.67. The number of hydrogen-bond acceptors (Lipinski definition) is 5. The normalized spacial score (nSPS) is 11.1. The highest BCUT2D eigenvalue weighted by Gasteiger charge is 2.10. The molecule has 2 aromatic rings. The van der Waals surface area contributed by atoms with Crippen molar-refractivity contribution < 1.29 is 13.7 Å². The maximum Gasteiger partial charge on any atom is 0.264 e. The predicted octanol–water partition coefficient (Wildman–Crippen LogP) is 2.63. The number of ether oxygens (including phenoxy) is 1. The van der Waals surface area contributed by atoms with Gasteiger partial charge in [0.1, 0.15) is 11.6 Å². The first kappa shape index (κ1) is 14.5. The van der Waals surface area contributed by atoms with Gasteiger partial charge in [-0.2, -0.15) is 4.98 Å². The first-order valence-corrected chi connectivity index (χ1v) is 6.48. The second kappa shape index (κ2) is 6.47. The molecule has 0 unspecified atom stereocenters. The average molecular weight is 279 g/mol. The Kier molecular flexibility index (Phi) is 4.68. The fourth-order valence-corrected chi connectivity index (χ4v) is 1.72. The minimum Gasteiger partial charge on any atom is -0.484 e. The smallest absolute Gasteiger partial charge is 0.264 e. The van der Waals surface area contributed by atoms with E-state index in [0.717, 1.165) is 5.56 Å². The zero-order valence-electron chi connectivity index (χ0n) is 11.8. The molecule has 20 heavy (non-hydrogen) atoms. The number of halogens is 1. The van der Waals surface area contributed by atoms with E-state index >= 15 is 0 Å².